The zero-order valence-electron chi connectivity index (χ0n) is 19.5. The molecule has 9 heteroatoms. The molecule has 2 aliphatic heterocycles. The average Bonchev–Trinajstić information content (AvgIpc) is 3.30. The molecule has 0 saturated carbocycles. The molecule has 0 bridgehead atoms. The minimum Gasteiger partial charge on any atom is -0.482 e. The fraction of sp³-hybridized carbons (Fsp3) is 0.269. The van der Waals surface area contributed by atoms with E-state index in [0.717, 1.165) is 11.1 Å². The second-order valence-electron chi connectivity index (χ2n) is 8.78. The summed E-state index contributed by atoms with van der Waals surface area (Å²) >= 11 is 1.51. The largest absolute Gasteiger partial charge is 0.482 e. The zero-order valence-corrected chi connectivity index (χ0v) is 20.3. The molecule has 0 aliphatic carbocycles. The highest BCUT2D eigenvalue weighted by Crippen LogP contribution is 2.44. The Hall–Kier alpha value is -3.59. The van der Waals surface area contributed by atoms with E-state index in [9.17, 15) is 23.9 Å². The highest BCUT2D eigenvalue weighted by Gasteiger charge is 2.38. The number of allylic oxidation sites excluding steroid dienone is 1. The van der Waals surface area contributed by atoms with E-state index in [1.807, 2.05) is 20.1 Å². The summed E-state index contributed by atoms with van der Waals surface area (Å²) in [5, 5.41) is 14.6. The van der Waals surface area contributed by atoms with Gasteiger partial charge in [-0.2, -0.15) is 11.8 Å². The summed E-state index contributed by atoms with van der Waals surface area (Å²) in [5.74, 6) is -1.34. The van der Waals surface area contributed by atoms with Gasteiger partial charge in [-0.15, -0.1) is 0 Å². The number of halogens is 1. The third kappa shape index (κ3) is 4.95. The number of anilines is 1. The number of carbonyl (C=O) groups excluding carboxylic acids is 2. The molecule has 0 radical (unpaired) electrons. The van der Waals surface area contributed by atoms with Crippen LogP contribution in [0.5, 0.6) is 0 Å². The fourth-order valence-corrected chi connectivity index (χ4v) is 4.62. The van der Waals surface area contributed by atoms with E-state index >= 15 is 0 Å². The summed E-state index contributed by atoms with van der Waals surface area (Å²) in [6, 6.07) is 9.92. The minimum atomic E-state index is -1.07. The van der Waals surface area contributed by atoms with Gasteiger partial charge in [-0.05, 0) is 74.2 Å². The van der Waals surface area contributed by atoms with Crippen molar-refractivity contribution in [2.75, 3.05) is 17.3 Å². The van der Waals surface area contributed by atoms with E-state index in [2.05, 4.69) is 10.6 Å². The molecule has 7 nitrogen and oxygen atoms in total. The smallest absolute Gasteiger partial charge is 0.326 e. The quantitative estimate of drug-likeness (QED) is 0.494. The second-order valence-corrected chi connectivity index (χ2v) is 9.76. The molecular weight excluding hydrogens is 471 g/mol. The molecule has 0 unspecified atom stereocenters. The summed E-state index contributed by atoms with van der Waals surface area (Å²) in [4.78, 5) is 36.6. The zero-order chi connectivity index (χ0) is 25.3. The number of ether oxygens (including phenoxy) is 1. The third-order valence-corrected chi connectivity index (χ3v) is 6.58. The summed E-state index contributed by atoms with van der Waals surface area (Å²) < 4.78 is 19.7. The summed E-state index contributed by atoms with van der Waals surface area (Å²) in [6.45, 7) is 3.74. The number of thioether (sulfide) groups is 1. The molecule has 2 amide bonds. The number of hydrogen-bond acceptors (Lipinski definition) is 5. The van der Waals surface area contributed by atoms with E-state index in [-0.39, 0.29) is 5.91 Å². The van der Waals surface area contributed by atoms with E-state index in [0.29, 0.717) is 40.3 Å². The summed E-state index contributed by atoms with van der Waals surface area (Å²) in [6.07, 6.45) is 3.99. The Balaban J connectivity index is 1.60. The van der Waals surface area contributed by atoms with Crippen LogP contribution >= 0.6 is 11.8 Å². The van der Waals surface area contributed by atoms with Gasteiger partial charge in [0.1, 0.15) is 23.2 Å². The molecule has 2 aromatic rings. The van der Waals surface area contributed by atoms with Gasteiger partial charge in [0.15, 0.2) is 0 Å². The van der Waals surface area contributed by atoms with Gasteiger partial charge in [-0.1, -0.05) is 12.1 Å². The number of benzene rings is 2. The normalized spacial score (nSPS) is 18.9. The van der Waals surface area contributed by atoms with E-state index in [1.165, 1.54) is 23.9 Å². The van der Waals surface area contributed by atoms with Crippen LogP contribution in [0.2, 0.25) is 0 Å². The fourth-order valence-electron chi connectivity index (χ4n) is 4.14. The van der Waals surface area contributed by atoms with Crippen molar-refractivity contribution in [3.8, 4) is 0 Å². The number of amides is 2. The van der Waals surface area contributed by atoms with Gasteiger partial charge in [0.2, 0.25) is 0 Å². The van der Waals surface area contributed by atoms with Gasteiger partial charge in [0.05, 0.1) is 11.3 Å². The van der Waals surface area contributed by atoms with Gasteiger partial charge in [-0.25, -0.2) is 9.18 Å². The van der Waals surface area contributed by atoms with Crippen molar-refractivity contribution in [3.05, 3.63) is 76.8 Å². The summed E-state index contributed by atoms with van der Waals surface area (Å²) in [7, 11) is 0. The molecule has 3 N–H and O–H groups in total. The maximum atomic E-state index is 13.6. The van der Waals surface area contributed by atoms with Gasteiger partial charge >= 0.3 is 5.97 Å². The highest BCUT2D eigenvalue weighted by atomic mass is 32.2. The lowest BCUT2D eigenvalue weighted by Gasteiger charge is -2.23. The number of carboxylic acids is 1. The van der Waals surface area contributed by atoms with Gasteiger partial charge in [0.25, 0.3) is 11.8 Å². The van der Waals surface area contributed by atoms with Crippen LogP contribution in [-0.4, -0.2) is 46.5 Å². The van der Waals surface area contributed by atoms with Crippen LogP contribution in [0, 0.1) is 5.82 Å². The Morgan fingerprint density at radius 2 is 1.91 bits per heavy atom. The number of rotatable bonds is 7. The molecule has 4 rings (SSSR count). The lowest BCUT2D eigenvalue weighted by molar-refractivity contribution is -0.139. The Kier molecular flexibility index (Phi) is 6.71. The van der Waals surface area contributed by atoms with Crippen molar-refractivity contribution in [2.45, 2.75) is 31.9 Å². The first-order chi connectivity index (χ1) is 16.6. The monoisotopic (exact) mass is 496 g/mol. The number of carboxylic acid groups (broad SMARTS) is 1. The molecule has 2 aliphatic rings. The maximum Gasteiger partial charge on any atom is 0.326 e. The van der Waals surface area contributed by atoms with Crippen LogP contribution in [0.3, 0.4) is 0 Å². The number of hydrogen-bond donors (Lipinski definition) is 3. The van der Waals surface area contributed by atoms with Crippen LogP contribution in [0.1, 0.15) is 41.8 Å². The minimum absolute atomic E-state index is 0.333. The molecule has 0 aromatic heterocycles. The Bertz CT molecular complexity index is 1270. The van der Waals surface area contributed by atoms with Gasteiger partial charge in [0, 0.05) is 16.7 Å². The molecule has 2 aromatic carbocycles. The first-order valence-electron chi connectivity index (χ1n) is 11.0. The molecule has 35 heavy (non-hydrogen) atoms. The van der Waals surface area contributed by atoms with Crippen LogP contribution < -0.4 is 10.6 Å². The molecule has 0 spiro atoms. The molecule has 182 valence electrons. The lowest BCUT2D eigenvalue weighted by Crippen LogP contribution is -2.41. The summed E-state index contributed by atoms with van der Waals surface area (Å²) in [5.41, 5.74) is 2.47. The molecule has 2 heterocycles. The van der Waals surface area contributed by atoms with E-state index in [1.54, 1.807) is 36.4 Å². The van der Waals surface area contributed by atoms with Crippen molar-refractivity contribution < 1.29 is 28.6 Å². The number of fused-ring (bicyclic) bond motifs is 1. The van der Waals surface area contributed by atoms with Crippen molar-refractivity contribution in [3.63, 3.8) is 0 Å². The molecular formula is C26H25FN2O5S. The van der Waals surface area contributed by atoms with Crippen LogP contribution in [0.25, 0.3) is 11.1 Å². The number of carbonyl (C=O) groups is 3. The lowest BCUT2D eigenvalue weighted by atomic mass is 9.91. The predicted molar refractivity (Wildman–Crippen MR) is 133 cm³/mol. The van der Waals surface area contributed by atoms with Crippen LogP contribution in [0.4, 0.5) is 10.1 Å². The first-order valence-corrected chi connectivity index (χ1v) is 12.4. The van der Waals surface area contributed by atoms with Crippen LogP contribution in [-0.2, 0) is 14.3 Å². The Morgan fingerprint density at radius 3 is 2.57 bits per heavy atom. The van der Waals surface area contributed by atoms with Crippen LogP contribution in [0.15, 0.2) is 54.3 Å². The molecule has 1 atom stereocenters. The first kappa shape index (κ1) is 24.5. The van der Waals surface area contributed by atoms with Gasteiger partial charge < -0.3 is 20.5 Å². The Labute approximate surface area is 206 Å². The maximum absolute atomic E-state index is 13.6. The van der Waals surface area contributed by atoms with E-state index in [4.69, 9.17) is 4.74 Å². The predicted octanol–water partition coefficient (Wildman–Crippen LogP) is 4.32. The van der Waals surface area contributed by atoms with Gasteiger partial charge in [-0.3, -0.25) is 9.59 Å². The molecule has 0 saturated heterocycles. The highest BCUT2D eigenvalue weighted by molar-refractivity contribution is 7.98. The standard InChI is InChI=1S/C26H25FN2O5S/c1-26(2)18(13-21(34-26)22-17-9-8-16(27)12-20(17)29-24(22)31)14-4-6-15(7-5-14)23(30)28-19(25(32)33)10-11-35-3/h4-9,12-13,19H,10-11H2,1-3H3,(H,28,30)(H,29,31)(H,32,33)/t19-/m0/s1. The second kappa shape index (κ2) is 9.58. The van der Waals surface area contributed by atoms with Crippen molar-refractivity contribution in [1.29, 1.82) is 0 Å². The number of aliphatic carboxylic acids is 1. The topological polar surface area (TPSA) is 105 Å². The number of nitrogens with one attached hydrogen (secondary N) is 2. The van der Waals surface area contributed by atoms with Crippen molar-refractivity contribution in [2.24, 2.45) is 0 Å². The average molecular weight is 497 g/mol. The van der Waals surface area contributed by atoms with Crippen molar-refractivity contribution >= 4 is 46.4 Å². The SMILES string of the molecule is CSCC[C@H](NC(=O)c1ccc(C2=CC(=C3C(=O)Nc4cc(F)ccc43)OC2(C)C)cc1)C(=O)O. The third-order valence-electron chi connectivity index (χ3n) is 5.93. The van der Waals surface area contributed by atoms with E-state index < -0.39 is 29.3 Å². The van der Waals surface area contributed by atoms with Crippen molar-refractivity contribution in [1.82, 2.24) is 5.32 Å². The Morgan fingerprint density at radius 1 is 1.20 bits per heavy atom. The molecule has 0 fully saturated rings.